The van der Waals surface area contributed by atoms with Gasteiger partial charge < -0.3 is 14.9 Å². The molecule has 0 radical (unpaired) electrons. The summed E-state index contributed by atoms with van der Waals surface area (Å²) >= 11 is 0. The Morgan fingerprint density at radius 3 is 1.62 bits per heavy atom. The van der Waals surface area contributed by atoms with Crippen LogP contribution in [-0.2, 0) is 4.74 Å². The lowest BCUT2D eigenvalue weighted by molar-refractivity contribution is -0.124. The molecule has 4 aliphatic rings. The Kier molecular flexibility index (Phi) is 3.10. The number of hydrogen-bond donors (Lipinski definition) is 2. The van der Waals surface area contributed by atoms with E-state index in [0.717, 1.165) is 44.1 Å². The fraction of sp³-hybridized carbons (Fsp3) is 0.917. The summed E-state index contributed by atoms with van der Waals surface area (Å²) in [5.41, 5.74) is -0.200. The Hall–Kier alpha value is -0.770. The van der Waals surface area contributed by atoms with Crippen LogP contribution in [0.1, 0.15) is 38.5 Å². The quantitative estimate of drug-likeness (QED) is 0.624. The molecule has 0 heterocycles. The lowest BCUT2D eigenvalue weighted by Gasteiger charge is -2.54. The zero-order chi connectivity index (χ0) is 11.8. The summed E-state index contributed by atoms with van der Waals surface area (Å²) in [6.45, 7) is 0. The van der Waals surface area contributed by atoms with Crippen LogP contribution in [0, 0.1) is 17.8 Å². The van der Waals surface area contributed by atoms with Gasteiger partial charge in [-0.3, -0.25) is 0 Å². The average Bonchev–Trinajstić information content (AvgIpc) is 2.14. The molecule has 4 fully saturated rings. The summed E-state index contributed by atoms with van der Waals surface area (Å²) in [6.07, 6.45) is 6.42. The third kappa shape index (κ3) is 2.48. The lowest BCUT2D eigenvalue weighted by Crippen LogP contribution is -2.50. The second-order valence-corrected chi connectivity index (χ2v) is 5.61. The molecule has 4 aliphatic carbocycles. The van der Waals surface area contributed by atoms with Gasteiger partial charge in [0.15, 0.2) is 0 Å². The highest BCUT2D eigenvalue weighted by Crippen LogP contribution is 2.55. The maximum atomic E-state index is 10.1. The van der Waals surface area contributed by atoms with E-state index in [1.54, 1.807) is 0 Å². The largest absolute Gasteiger partial charge is 0.505 e. The van der Waals surface area contributed by atoms with Crippen LogP contribution in [0.25, 0.3) is 0 Å². The molecule has 0 amide bonds. The Morgan fingerprint density at radius 2 is 1.44 bits per heavy atom. The SMILES string of the molecule is COC(=O)O.OC12CC3CC(CC(C3)C1)C2. The lowest BCUT2D eigenvalue weighted by atomic mass is 9.54. The molecule has 0 atom stereocenters. The predicted molar refractivity (Wildman–Crippen MR) is 58.2 cm³/mol. The van der Waals surface area contributed by atoms with E-state index < -0.39 is 6.16 Å². The second kappa shape index (κ2) is 4.24. The van der Waals surface area contributed by atoms with Gasteiger partial charge in [0.1, 0.15) is 0 Å². The molecule has 4 saturated carbocycles. The van der Waals surface area contributed by atoms with E-state index in [1.165, 1.54) is 19.3 Å². The van der Waals surface area contributed by atoms with Crippen molar-refractivity contribution in [3.05, 3.63) is 0 Å². The highest BCUT2D eigenvalue weighted by Gasteiger charge is 2.49. The molecular formula is C12H20O4. The van der Waals surface area contributed by atoms with Gasteiger partial charge in [-0.15, -0.1) is 0 Å². The Labute approximate surface area is 95.6 Å². The zero-order valence-electron chi connectivity index (χ0n) is 9.69. The third-order valence-corrected chi connectivity index (χ3v) is 4.18. The molecule has 0 saturated heterocycles. The maximum Gasteiger partial charge on any atom is 0.505 e. The summed E-state index contributed by atoms with van der Waals surface area (Å²) in [5, 5.41) is 17.6. The predicted octanol–water partition coefficient (Wildman–Crippen LogP) is 2.26. The third-order valence-electron chi connectivity index (χ3n) is 4.18. The van der Waals surface area contributed by atoms with Gasteiger partial charge in [0.25, 0.3) is 0 Å². The van der Waals surface area contributed by atoms with Crippen molar-refractivity contribution in [2.75, 3.05) is 7.11 Å². The van der Waals surface area contributed by atoms with Gasteiger partial charge in [-0.2, -0.15) is 0 Å². The molecule has 0 aromatic carbocycles. The van der Waals surface area contributed by atoms with E-state index >= 15 is 0 Å². The summed E-state index contributed by atoms with van der Waals surface area (Å²) in [5.74, 6) is 2.68. The number of hydrogen-bond acceptors (Lipinski definition) is 3. The highest BCUT2D eigenvalue weighted by molar-refractivity contribution is 5.56. The van der Waals surface area contributed by atoms with Crippen molar-refractivity contribution in [1.82, 2.24) is 0 Å². The van der Waals surface area contributed by atoms with Crippen LogP contribution < -0.4 is 0 Å². The molecule has 4 rings (SSSR count). The number of ether oxygens (including phenoxy) is 1. The van der Waals surface area contributed by atoms with Crippen LogP contribution in [-0.4, -0.2) is 29.1 Å². The Bertz CT molecular complexity index is 239. The molecule has 0 unspecified atom stereocenters. The van der Waals surface area contributed by atoms with Crippen molar-refractivity contribution in [3.63, 3.8) is 0 Å². The fourth-order valence-electron chi connectivity index (χ4n) is 4.06. The average molecular weight is 228 g/mol. The van der Waals surface area contributed by atoms with Crippen molar-refractivity contribution in [2.45, 2.75) is 44.1 Å². The van der Waals surface area contributed by atoms with Gasteiger partial charge >= 0.3 is 6.16 Å². The van der Waals surface area contributed by atoms with Crippen molar-refractivity contribution < 1.29 is 19.7 Å². The van der Waals surface area contributed by atoms with Crippen LogP contribution in [0.4, 0.5) is 4.79 Å². The second-order valence-electron chi connectivity index (χ2n) is 5.61. The van der Waals surface area contributed by atoms with E-state index in [4.69, 9.17) is 9.90 Å². The van der Waals surface area contributed by atoms with E-state index in [-0.39, 0.29) is 5.60 Å². The summed E-state index contributed by atoms with van der Waals surface area (Å²) < 4.78 is 3.67. The van der Waals surface area contributed by atoms with Gasteiger partial charge in [-0.1, -0.05) is 0 Å². The molecule has 2 N–H and O–H groups in total. The van der Waals surface area contributed by atoms with E-state index in [9.17, 15) is 5.11 Å². The minimum Gasteiger partial charge on any atom is -0.450 e. The first-order valence-electron chi connectivity index (χ1n) is 6.00. The molecular weight excluding hydrogens is 208 g/mol. The molecule has 16 heavy (non-hydrogen) atoms. The fourth-order valence-corrected chi connectivity index (χ4v) is 4.06. The van der Waals surface area contributed by atoms with Crippen LogP contribution >= 0.6 is 0 Å². The highest BCUT2D eigenvalue weighted by atomic mass is 16.6. The van der Waals surface area contributed by atoms with Crippen LogP contribution in [0.15, 0.2) is 0 Å². The Balaban J connectivity index is 0.000000168. The van der Waals surface area contributed by atoms with E-state index in [2.05, 4.69) is 4.74 Å². The molecule has 4 nitrogen and oxygen atoms in total. The van der Waals surface area contributed by atoms with Crippen LogP contribution in [0.5, 0.6) is 0 Å². The molecule has 4 heteroatoms. The number of aliphatic hydroxyl groups is 1. The van der Waals surface area contributed by atoms with E-state index in [0.29, 0.717) is 0 Å². The smallest absolute Gasteiger partial charge is 0.450 e. The monoisotopic (exact) mass is 228 g/mol. The standard InChI is InChI=1S/C10H16O.C2H4O3/c11-10-4-7-1-8(5-10)3-9(2-7)6-10;1-5-2(3)4/h7-9,11H,1-6H2;1H3,(H,3,4). The molecule has 0 aromatic rings. The van der Waals surface area contributed by atoms with Crippen molar-refractivity contribution >= 4 is 6.16 Å². The number of rotatable bonds is 0. The number of methoxy groups -OCH3 is 1. The molecule has 0 aromatic heterocycles. The van der Waals surface area contributed by atoms with Crippen molar-refractivity contribution in [2.24, 2.45) is 17.8 Å². The topological polar surface area (TPSA) is 66.8 Å². The molecule has 92 valence electrons. The van der Waals surface area contributed by atoms with Gasteiger partial charge in [0.05, 0.1) is 12.7 Å². The normalized spacial score (nSPS) is 43.5. The van der Waals surface area contributed by atoms with Crippen LogP contribution in [0.2, 0.25) is 0 Å². The van der Waals surface area contributed by atoms with Gasteiger partial charge in [0, 0.05) is 0 Å². The molecule has 0 spiro atoms. The Morgan fingerprint density at radius 1 is 1.12 bits per heavy atom. The van der Waals surface area contributed by atoms with Crippen LogP contribution in [0.3, 0.4) is 0 Å². The number of carboxylic acid groups (broad SMARTS) is 1. The molecule has 0 aliphatic heterocycles. The zero-order valence-corrected chi connectivity index (χ0v) is 9.69. The summed E-state index contributed by atoms with van der Waals surface area (Å²) in [7, 11) is 1.10. The van der Waals surface area contributed by atoms with E-state index in [1.807, 2.05) is 0 Å². The minimum atomic E-state index is -1.25. The summed E-state index contributed by atoms with van der Waals surface area (Å²) in [6, 6.07) is 0. The summed E-state index contributed by atoms with van der Waals surface area (Å²) in [4.78, 5) is 9.15. The van der Waals surface area contributed by atoms with Crippen molar-refractivity contribution in [1.29, 1.82) is 0 Å². The maximum absolute atomic E-state index is 10.1. The number of carbonyl (C=O) groups is 1. The van der Waals surface area contributed by atoms with Crippen molar-refractivity contribution in [3.8, 4) is 0 Å². The van der Waals surface area contributed by atoms with Gasteiger partial charge in [-0.25, -0.2) is 4.79 Å². The van der Waals surface area contributed by atoms with Gasteiger partial charge in [-0.05, 0) is 56.3 Å². The molecule has 4 bridgehead atoms. The first kappa shape index (κ1) is 11.7. The first-order valence-corrected chi connectivity index (χ1v) is 6.00. The first-order chi connectivity index (χ1) is 7.50. The van der Waals surface area contributed by atoms with Gasteiger partial charge in [0.2, 0.25) is 0 Å². The minimum absolute atomic E-state index is 0.200.